The molecule has 0 saturated carbocycles. The van der Waals surface area contributed by atoms with E-state index in [1.807, 2.05) is 18.2 Å². The van der Waals surface area contributed by atoms with Crippen molar-refractivity contribution in [2.75, 3.05) is 19.8 Å². The van der Waals surface area contributed by atoms with Crippen LogP contribution in [0.1, 0.15) is 31.4 Å². The van der Waals surface area contributed by atoms with E-state index in [0.29, 0.717) is 5.92 Å². The van der Waals surface area contributed by atoms with Crippen LogP contribution in [0.15, 0.2) is 18.2 Å². The van der Waals surface area contributed by atoms with E-state index in [1.165, 1.54) is 0 Å². The van der Waals surface area contributed by atoms with E-state index < -0.39 is 0 Å². The average molecular weight is 288 g/mol. The van der Waals surface area contributed by atoms with Gasteiger partial charge in [0.05, 0.1) is 0 Å². The fourth-order valence-electron chi connectivity index (χ4n) is 2.25. The largest absolute Gasteiger partial charge is 0.381 e. The SMILES string of the molecule is CC(NCC1CCOCC1)c1cc(Cl)ccc1Cl. The number of benzene rings is 1. The lowest BCUT2D eigenvalue weighted by atomic mass is 9.99. The van der Waals surface area contributed by atoms with Crippen molar-refractivity contribution in [3.63, 3.8) is 0 Å². The molecule has 1 aromatic carbocycles. The summed E-state index contributed by atoms with van der Waals surface area (Å²) in [4.78, 5) is 0. The van der Waals surface area contributed by atoms with Crippen molar-refractivity contribution < 1.29 is 4.74 Å². The second kappa shape index (κ2) is 6.76. The Kier molecular flexibility index (Phi) is 5.31. The molecule has 1 fully saturated rings. The van der Waals surface area contributed by atoms with Gasteiger partial charge in [0, 0.05) is 29.3 Å². The molecule has 0 amide bonds. The molecule has 1 saturated heterocycles. The van der Waals surface area contributed by atoms with Crippen molar-refractivity contribution in [2.24, 2.45) is 5.92 Å². The topological polar surface area (TPSA) is 21.3 Å². The van der Waals surface area contributed by atoms with Crippen LogP contribution in [-0.4, -0.2) is 19.8 Å². The maximum absolute atomic E-state index is 6.19. The summed E-state index contributed by atoms with van der Waals surface area (Å²) in [5.41, 5.74) is 1.07. The Morgan fingerprint density at radius 2 is 2.06 bits per heavy atom. The van der Waals surface area contributed by atoms with Crippen LogP contribution in [0.25, 0.3) is 0 Å². The van der Waals surface area contributed by atoms with Crippen molar-refractivity contribution in [3.8, 4) is 0 Å². The molecule has 2 nitrogen and oxygen atoms in total. The number of hydrogen-bond acceptors (Lipinski definition) is 2. The zero-order valence-corrected chi connectivity index (χ0v) is 12.1. The van der Waals surface area contributed by atoms with Gasteiger partial charge in [-0.3, -0.25) is 0 Å². The molecule has 0 aliphatic carbocycles. The highest BCUT2D eigenvalue weighted by atomic mass is 35.5. The summed E-state index contributed by atoms with van der Waals surface area (Å²) in [5.74, 6) is 0.708. The molecule has 1 unspecified atom stereocenters. The maximum Gasteiger partial charge on any atom is 0.0469 e. The Bertz CT molecular complexity index is 391. The molecule has 2 rings (SSSR count). The van der Waals surface area contributed by atoms with E-state index >= 15 is 0 Å². The summed E-state index contributed by atoms with van der Waals surface area (Å²) in [6.07, 6.45) is 2.28. The minimum atomic E-state index is 0.221. The summed E-state index contributed by atoms with van der Waals surface area (Å²) < 4.78 is 5.36. The van der Waals surface area contributed by atoms with Crippen molar-refractivity contribution in [3.05, 3.63) is 33.8 Å². The molecule has 100 valence electrons. The molecule has 1 aliphatic rings. The van der Waals surface area contributed by atoms with Crippen molar-refractivity contribution in [2.45, 2.75) is 25.8 Å². The Balaban J connectivity index is 1.90. The highest BCUT2D eigenvalue weighted by Crippen LogP contribution is 2.26. The molecule has 4 heteroatoms. The van der Waals surface area contributed by atoms with Crippen LogP contribution < -0.4 is 5.32 Å². The first-order valence-electron chi connectivity index (χ1n) is 6.43. The third-order valence-electron chi connectivity index (χ3n) is 3.48. The molecule has 1 atom stereocenters. The zero-order chi connectivity index (χ0) is 13.0. The molecular formula is C14H19Cl2NO. The molecule has 18 heavy (non-hydrogen) atoms. The number of halogens is 2. The minimum Gasteiger partial charge on any atom is -0.381 e. The predicted molar refractivity (Wildman–Crippen MR) is 76.4 cm³/mol. The molecule has 1 heterocycles. The summed E-state index contributed by atoms with van der Waals surface area (Å²) >= 11 is 12.2. The van der Waals surface area contributed by atoms with Crippen molar-refractivity contribution >= 4 is 23.2 Å². The van der Waals surface area contributed by atoms with Crippen LogP contribution in [-0.2, 0) is 4.74 Å². The first-order chi connectivity index (χ1) is 8.66. The Labute approximate surface area is 119 Å². The van der Waals surface area contributed by atoms with Crippen LogP contribution in [0, 0.1) is 5.92 Å². The third kappa shape index (κ3) is 3.86. The van der Waals surface area contributed by atoms with Crippen LogP contribution >= 0.6 is 23.2 Å². The fraction of sp³-hybridized carbons (Fsp3) is 0.571. The van der Waals surface area contributed by atoms with Crippen LogP contribution in [0.3, 0.4) is 0 Å². The van der Waals surface area contributed by atoms with Gasteiger partial charge in [0.2, 0.25) is 0 Å². The van der Waals surface area contributed by atoms with Gasteiger partial charge < -0.3 is 10.1 Å². The van der Waals surface area contributed by atoms with Gasteiger partial charge in [-0.2, -0.15) is 0 Å². The van der Waals surface area contributed by atoms with E-state index in [9.17, 15) is 0 Å². The van der Waals surface area contributed by atoms with Gasteiger partial charge in [-0.05, 0) is 56.0 Å². The van der Waals surface area contributed by atoms with Gasteiger partial charge in [0.15, 0.2) is 0 Å². The lowest BCUT2D eigenvalue weighted by Gasteiger charge is -2.24. The first kappa shape index (κ1) is 14.1. The highest BCUT2D eigenvalue weighted by molar-refractivity contribution is 6.33. The van der Waals surface area contributed by atoms with E-state index in [2.05, 4.69) is 12.2 Å². The summed E-state index contributed by atoms with van der Waals surface area (Å²) in [6, 6.07) is 5.83. The van der Waals surface area contributed by atoms with Gasteiger partial charge >= 0.3 is 0 Å². The summed E-state index contributed by atoms with van der Waals surface area (Å²) in [7, 11) is 0. The van der Waals surface area contributed by atoms with Crippen LogP contribution in [0.2, 0.25) is 10.0 Å². The molecular weight excluding hydrogens is 269 g/mol. The van der Waals surface area contributed by atoms with Gasteiger partial charge in [0.1, 0.15) is 0 Å². The monoisotopic (exact) mass is 287 g/mol. The molecule has 1 aromatic rings. The molecule has 1 aliphatic heterocycles. The van der Waals surface area contributed by atoms with E-state index in [4.69, 9.17) is 27.9 Å². The second-order valence-corrected chi connectivity index (χ2v) is 5.70. The molecule has 0 spiro atoms. The van der Waals surface area contributed by atoms with E-state index in [0.717, 1.165) is 48.2 Å². The predicted octanol–water partition coefficient (Wildman–Crippen LogP) is 4.07. The number of hydrogen-bond donors (Lipinski definition) is 1. The Morgan fingerprint density at radius 1 is 1.33 bits per heavy atom. The van der Waals surface area contributed by atoms with E-state index in [-0.39, 0.29) is 6.04 Å². The van der Waals surface area contributed by atoms with Gasteiger partial charge in [-0.15, -0.1) is 0 Å². The lowest BCUT2D eigenvalue weighted by Crippen LogP contribution is -2.29. The Hall–Kier alpha value is -0.280. The van der Waals surface area contributed by atoms with Crippen molar-refractivity contribution in [1.29, 1.82) is 0 Å². The summed E-state index contributed by atoms with van der Waals surface area (Å²) in [6.45, 7) is 4.90. The fourth-order valence-corrected chi connectivity index (χ4v) is 2.71. The normalized spacial score (nSPS) is 18.8. The Morgan fingerprint density at radius 3 is 2.78 bits per heavy atom. The zero-order valence-electron chi connectivity index (χ0n) is 10.6. The lowest BCUT2D eigenvalue weighted by molar-refractivity contribution is 0.0656. The minimum absolute atomic E-state index is 0.221. The second-order valence-electron chi connectivity index (χ2n) is 4.85. The smallest absolute Gasteiger partial charge is 0.0469 e. The highest BCUT2D eigenvalue weighted by Gasteiger charge is 2.16. The quantitative estimate of drug-likeness (QED) is 0.901. The van der Waals surface area contributed by atoms with Crippen molar-refractivity contribution in [1.82, 2.24) is 5.32 Å². The van der Waals surface area contributed by atoms with Gasteiger partial charge in [-0.1, -0.05) is 23.2 Å². The number of nitrogens with one attached hydrogen (secondary N) is 1. The molecule has 0 bridgehead atoms. The maximum atomic E-state index is 6.19. The molecule has 1 N–H and O–H groups in total. The average Bonchev–Trinajstić information content (AvgIpc) is 2.40. The molecule has 0 aromatic heterocycles. The van der Waals surface area contributed by atoms with E-state index in [1.54, 1.807) is 0 Å². The third-order valence-corrected chi connectivity index (χ3v) is 4.06. The van der Waals surface area contributed by atoms with Gasteiger partial charge in [0.25, 0.3) is 0 Å². The van der Waals surface area contributed by atoms with Gasteiger partial charge in [-0.25, -0.2) is 0 Å². The first-order valence-corrected chi connectivity index (χ1v) is 7.18. The number of rotatable bonds is 4. The standard InChI is InChI=1S/C14H19Cl2NO/c1-10(13-8-12(15)2-3-14(13)16)17-9-11-4-6-18-7-5-11/h2-3,8,10-11,17H,4-7,9H2,1H3. The summed E-state index contributed by atoms with van der Waals surface area (Å²) in [5, 5.41) is 5.04. The van der Waals surface area contributed by atoms with Crippen LogP contribution in [0.5, 0.6) is 0 Å². The molecule has 0 radical (unpaired) electrons. The van der Waals surface area contributed by atoms with Crippen LogP contribution in [0.4, 0.5) is 0 Å². The number of ether oxygens (including phenoxy) is 1.